The molecule has 0 aliphatic rings. The van der Waals surface area contributed by atoms with Gasteiger partial charge in [-0.1, -0.05) is 37.3 Å². The van der Waals surface area contributed by atoms with Crippen LogP contribution in [0.5, 0.6) is 0 Å². The molecule has 0 amide bonds. The average molecular weight is 149 g/mol. The molecular formula is C6H13ClSi. The molecule has 0 fully saturated rings. The van der Waals surface area contributed by atoms with Gasteiger partial charge in [-0.15, -0.1) is 0 Å². The largest absolute Gasteiger partial charge is 0.0933 e. The highest BCUT2D eigenvalue weighted by molar-refractivity contribution is 6.76. The Balaban J connectivity index is 3.39. The fourth-order valence-electron chi connectivity index (χ4n) is 0.398. The number of rotatable bonds is 2. The second-order valence-electron chi connectivity index (χ2n) is 3.13. The third kappa shape index (κ3) is 6.25. The molecule has 0 rings (SSSR count). The maximum atomic E-state index is 5.35. The van der Waals surface area contributed by atoms with Gasteiger partial charge in [0.15, 0.2) is 0 Å². The van der Waals surface area contributed by atoms with Crippen molar-refractivity contribution in [1.82, 2.24) is 0 Å². The predicted molar refractivity (Wildman–Crippen MR) is 43.1 cm³/mol. The molecule has 0 atom stereocenters. The second-order valence-corrected chi connectivity index (χ2v) is 8.91. The molecule has 0 unspecified atom stereocenters. The Labute approximate surface area is 57.6 Å². The Morgan fingerprint density at radius 2 is 1.88 bits per heavy atom. The van der Waals surface area contributed by atoms with Crippen molar-refractivity contribution in [1.29, 1.82) is 0 Å². The monoisotopic (exact) mass is 148 g/mol. The summed E-state index contributed by atoms with van der Waals surface area (Å²) >= 11 is 5.35. The van der Waals surface area contributed by atoms with Crippen molar-refractivity contribution >= 4 is 19.7 Å². The van der Waals surface area contributed by atoms with Crippen LogP contribution in [-0.4, -0.2) is 8.07 Å². The van der Waals surface area contributed by atoms with Crippen LogP contribution in [0.1, 0.15) is 0 Å². The van der Waals surface area contributed by atoms with E-state index >= 15 is 0 Å². The van der Waals surface area contributed by atoms with Crippen molar-refractivity contribution in [2.45, 2.75) is 25.7 Å². The number of allylic oxidation sites excluding steroid dienone is 1. The highest BCUT2D eigenvalue weighted by Crippen LogP contribution is 2.08. The zero-order valence-corrected chi connectivity index (χ0v) is 7.50. The van der Waals surface area contributed by atoms with E-state index in [-0.39, 0.29) is 0 Å². The Morgan fingerprint density at radius 1 is 1.38 bits per heavy atom. The third-order valence-corrected chi connectivity index (χ3v) is 2.46. The van der Waals surface area contributed by atoms with Crippen LogP contribution in [0.3, 0.4) is 0 Å². The maximum absolute atomic E-state index is 5.35. The summed E-state index contributed by atoms with van der Waals surface area (Å²) in [5.74, 6) is 0. The lowest BCUT2D eigenvalue weighted by Crippen LogP contribution is -2.17. The maximum Gasteiger partial charge on any atom is 0.0480 e. The van der Waals surface area contributed by atoms with Gasteiger partial charge in [-0.3, -0.25) is 0 Å². The van der Waals surface area contributed by atoms with Gasteiger partial charge in [0.2, 0.25) is 0 Å². The zero-order chi connectivity index (χ0) is 6.62. The summed E-state index contributed by atoms with van der Waals surface area (Å²) in [5, 5.41) is 0. The molecule has 0 aromatic carbocycles. The predicted octanol–water partition coefficient (Wildman–Crippen LogP) is 3.08. The molecule has 0 N–H and O–H groups in total. The van der Waals surface area contributed by atoms with Crippen LogP contribution in [-0.2, 0) is 0 Å². The molecule has 0 aromatic rings. The van der Waals surface area contributed by atoms with Crippen LogP contribution in [0.15, 0.2) is 11.6 Å². The van der Waals surface area contributed by atoms with Crippen molar-refractivity contribution in [3.8, 4) is 0 Å². The van der Waals surface area contributed by atoms with E-state index < -0.39 is 8.07 Å². The molecule has 8 heavy (non-hydrogen) atoms. The minimum Gasteiger partial charge on any atom is -0.0933 e. The van der Waals surface area contributed by atoms with Crippen LogP contribution in [0.25, 0.3) is 0 Å². The minimum atomic E-state index is -0.849. The van der Waals surface area contributed by atoms with Gasteiger partial charge in [0.25, 0.3) is 0 Å². The number of hydrogen-bond donors (Lipinski definition) is 0. The SMILES string of the molecule is C[Si](C)(C)C/C=C/Cl. The number of hydrogen-bond acceptors (Lipinski definition) is 0. The molecule has 48 valence electrons. The van der Waals surface area contributed by atoms with Crippen molar-refractivity contribution in [2.24, 2.45) is 0 Å². The Bertz CT molecular complexity index is 81.0. The van der Waals surface area contributed by atoms with Crippen molar-refractivity contribution in [3.05, 3.63) is 11.6 Å². The summed E-state index contributed by atoms with van der Waals surface area (Å²) in [4.78, 5) is 0. The van der Waals surface area contributed by atoms with Crippen LogP contribution in [0, 0.1) is 0 Å². The van der Waals surface area contributed by atoms with E-state index in [4.69, 9.17) is 11.6 Å². The van der Waals surface area contributed by atoms with Crippen LogP contribution < -0.4 is 0 Å². The normalized spacial score (nSPS) is 13.0. The molecule has 0 heterocycles. The topological polar surface area (TPSA) is 0 Å². The molecule has 0 saturated heterocycles. The van der Waals surface area contributed by atoms with Gasteiger partial charge in [-0.05, 0) is 11.6 Å². The van der Waals surface area contributed by atoms with Crippen LogP contribution >= 0.6 is 11.6 Å². The fourth-order valence-corrected chi connectivity index (χ4v) is 1.46. The molecule has 0 saturated carbocycles. The molecular weight excluding hydrogens is 136 g/mol. The molecule has 0 bridgehead atoms. The Hall–Kier alpha value is 0.247. The van der Waals surface area contributed by atoms with E-state index in [1.165, 1.54) is 6.04 Å². The Kier molecular flexibility index (Phi) is 3.41. The lowest BCUT2D eigenvalue weighted by molar-refractivity contribution is 1.52. The van der Waals surface area contributed by atoms with E-state index in [1.807, 2.05) is 6.08 Å². The second kappa shape index (κ2) is 3.31. The molecule has 0 nitrogen and oxygen atoms in total. The first-order chi connectivity index (χ1) is 3.56. The van der Waals surface area contributed by atoms with Gasteiger partial charge < -0.3 is 0 Å². The van der Waals surface area contributed by atoms with Gasteiger partial charge >= 0.3 is 0 Å². The van der Waals surface area contributed by atoms with Gasteiger partial charge in [0, 0.05) is 8.07 Å². The van der Waals surface area contributed by atoms with E-state index in [9.17, 15) is 0 Å². The first-order valence-corrected chi connectivity index (χ1v) is 6.96. The van der Waals surface area contributed by atoms with Gasteiger partial charge in [-0.25, -0.2) is 0 Å². The highest BCUT2D eigenvalue weighted by atomic mass is 35.5. The quantitative estimate of drug-likeness (QED) is 0.528. The highest BCUT2D eigenvalue weighted by Gasteiger charge is 2.08. The molecule has 0 spiro atoms. The van der Waals surface area contributed by atoms with Crippen LogP contribution in [0.4, 0.5) is 0 Å². The van der Waals surface area contributed by atoms with E-state index in [0.717, 1.165) is 0 Å². The first-order valence-electron chi connectivity index (χ1n) is 2.81. The lowest BCUT2D eigenvalue weighted by Gasteiger charge is -2.10. The molecule has 0 aromatic heterocycles. The first kappa shape index (κ1) is 8.25. The smallest absolute Gasteiger partial charge is 0.0480 e. The summed E-state index contributed by atoms with van der Waals surface area (Å²) < 4.78 is 0. The van der Waals surface area contributed by atoms with Crippen molar-refractivity contribution in [2.75, 3.05) is 0 Å². The van der Waals surface area contributed by atoms with Gasteiger partial charge in [0.05, 0.1) is 0 Å². The molecule has 0 aliphatic heterocycles. The fraction of sp³-hybridized carbons (Fsp3) is 0.667. The van der Waals surface area contributed by atoms with E-state index in [1.54, 1.807) is 5.54 Å². The van der Waals surface area contributed by atoms with E-state index in [2.05, 4.69) is 19.6 Å². The third-order valence-electron chi connectivity index (χ3n) is 0.819. The summed E-state index contributed by atoms with van der Waals surface area (Å²) in [7, 11) is -0.849. The van der Waals surface area contributed by atoms with E-state index in [0.29, 0.717) is 0 Å². The summed E-state index contributed by atoms with van der Waals surface area (Å²) in [6.07, 6.45) is 2.04. The number of halogens is 1. The van der Waals surface area contributed by atoms with Crippen molar-refractivity contribution in [3.63, 3.8) is 0 Å². The van der Waals surface area contributed by atoms with Crippen LogP contribution in [0.2, 0.25) is 25.7 Å². The van der Waals surface area contributed by atoms with Gasteiger partial charge in [-0.2, -0.15) is 0 Å². The standard InChI is InChI=1S/C6H13ClSi/c1-8(2,3)6-4-5-7/h4-5H,6H2,1-3H3/b5-4+. The van der Waals surface area contributed by atoms with Gasteiger partial charge in [0.1, 0.15) is 0 Å². The molecule has 2 heteroatoms. The lowest BCUT2D eigenvalue weighted by atomic mass is 10.8. The zero-order valence-electron chi connectivity index (χ0n) is 5.74. The molecule has 0 radical (unpaired) electrons. The summed E-state index contributed by atoms with van der Waals surface area (Å²) in [6, 6.07) is 1.19. The molecule has 0 aliphatic carbocycles. The summed E-state index contributed by atoms with van der Waals surface area (Å²) in [6.45, 7) is 6.97. The average Bonchev–Trinajstić information content (AvgIpc) is 1.59. The summed E-state index contributed by atoms with van der Waals surface area (Å²) in [5.41, 5.74) is 1.61. The minimum absolute atomic E-state index is 0.849. The van der Waals surface area contributed by atoms with Crippen molar-refractivity contribution < 1.29 is 0 Å². The Morgan fingerprint density at radius 3 is 2.00 bits per heavy atom.